The molecule has 0 aromatic heterocycles. The van der Waals surface area contributed by atoms with Crippen LogP contribution in [0.4, 0.5) is 5.69 Å². The Morgan fingerprint density at radius 3 is 2.55 bits per heavy atom. The molecule has 0 heterocycles. The van der Waals surface area contributed by atoms with Crippen LogP contribution in [0.1, 0.15) is 5.56 Å². The maximum Gasteiger partial charge on any atom is 0.269 e. The summed E-state index contributed by atoms with van der Waals surface area (Å²) in [5.41, 5.74) is 1.23. The highest BCUT2D eigenvalue weighted by molar-refractivity contribution is 7.99. The first kappa shape index (κ1) is 14.8. The lowest BCUT2D eigenvalue weighted by atomic mass is 10.2. The molecule has 1 N–H and O–H groups in total. The van der Waals surface area contributed by atoms with Gasteiger partial charge in [0.1, 0.15) is 0 Å². The second-order valence-corrected chi connectivity index (χ2v) is 5.69. The fourth-order valence-corrected chi connectivity index (χ4v) is 2.94. The summed E-state index contributed by atoms with van der Waals surface area (Å²) in [4.78, 5) is 12.2. The molecular formula is C14H13ClN2O2S. The zero-order valence-electron chi connectivity index (χ0n) is 10.8. The van der Waals surface area contributed by atoms with Gasteiger partial charge in [0.2, 0.25) is 0 Å². The van der Waals surface area contributed by atoms with E-state index < -0.39 is 4.92 Å². The first-order valence-corrected chi connectivity index (χ1v) is 7.15. The molecule has 0 unspecified atom stereocenters. The van der Waals surface area contributed by atoms with Crippen molar-refractivity contribution in [3.05, 3.63) is 63.2 Å². The number of nitrogens with one attached hydrogen (secondary N) is 1. The number of nitro groups is 1. The van der Waals surface area contributed by atoms with Gasteiger partial charge in [-0.05, 0) is 36.9 Å². The maximum absolute atomic E-state index is 10.6. The Morgan fingerprint density at radius 1 is 1.25 bits per heavy atom. The molecular weight excluding hydrogens is 296 g/mol. The van der Waals surface area contributed by atoms with Gasteiger partial charge < -0.3 is 5.32 Å². The van der Waals surface area contributed by atoms with Crippen LogP contribution in [-0.4, -0.2) is 12.0 Å². The largest absolute Gasteiger partial charge is 0.316 e. The molecule has 0 bridgehead atoms. The second kappa shape index (κ2) is 6.74. The summed E-state index contributed by atoms with van der Waals surface area (Å²) >= 11 is 7.57. The van der Waals surface area contributed by atoms with E-state index in [4.69, 9.17) is 11.6 Å². The molecule has 2 aromatic carbocycles. The molecule has 4 nitrogen and oxygen atoms in total. The smallest absolute Gasteiger partial charge is 0.269 e. The Morgan fingerprint density at radius 2 is 1.95 bits per heavy atom. The Kier molecular flexibility index (Phi) is 5.00. The number of nitro benzene ring substituents is 1. The van der Waals surface area contributed by atoms with Gasteiger partial charge >= 0.3 is 0 Å². The molecule has 0 atom stereocenters. The zero-order valence-corrected chi connectivity index (χ0v) is 12.4. The molecule has 2 rings (SSSR count). The molecule has 0 fully saturated rings. The minimum atomic E-state index is -0.403. The summed E-state index contributed by atoms with van der Waals surface area (Å²) in [5.74, 6) is 0. The van der Waals surface area contributed by atoms with Crippen molar-refractivity contribution in [1.82, 2.24) is 5.32 Å². The minimum absolute atomic E-state index is 0.0934. The van der Waals surface area contributed by atoms with Gasteiger partial charge in [-0.3, -0.25) is 10.1 Å². The van der Waals surface area contributed by atoms with Crippen LogP contribution >= 0.6 is 23.4 Å². The van der Waals surface area contributed by atoms with Crippen molar-refractivity contribution in [3.63, 3.8) is 0 Å². The maximum atomic E-state index is 10.6. The molecule has 104 valence electrons. The van der Waals surface area contributed by atoms with Gasteiger partial charge in [-0.1, -0.05) is 29.4 Å². The van der Waals surface area contributed by atoms with Gasteiger partial charge in [0.15, 0.2) is 0 Å². The molecule has 0 aliphatic heterocycles. The lowest BCUT2D eigenvalue weighted by Crippen LogP contribution is -2.05. The van der Waals surface area contributed by atoms with Gasteiger partial charge in [0.05, 0.1) is 4.92 Å². The number of benzene rings is 2. The number of non-ortho nitro benzene ring substituents is 1. The number of hydrogen-bond acceptors (Lipinski definition) is 4. The van der Waals surface area contributed by atoms with Crippen molar-refractivity contribution in [2.75, 3.05) is 7.05 Å². The minimum Gasteiger partial charge on any atom is -0.316 e. The monoisotopic (exact) mass is 308 g/mol. The predicted molar refractivity (Wildman–Crippen MR) is 81.4 cm³/mol. The van der Waals surface area contributed by atoms with E-state index in [1.165, 1.54) is 12.1 Å². The SMILES string of the molecule is CNCc1ccc(Cl)cc1Sc1ccc([N+](=O)[O-])cc1. The fraction of sp³-hybridized carbons (Fsp3) is 0.143. The topological polar surface area (TPSA) is 55.2 Å². The average Bonchev–Trinajstić information content (AvgIpc) is 2.42. The van der Waals surface area contributed by atoms with E-state index in [1.54, 1.807) is 23.9 Å². The van der Waals surface area contributed by atoms with E-state index in [0.717, 1.165) is 21.9 Å². The first-order valence-electron chi connectivity index (χ1n) is 5.95. The van der Waals surface area contributed by atoms with E-state index >= 15 is 0 Å². The normalized spacial score (nSPS) is 10.5. The van der Waals surface area contributed by atoms with Crippen molar-refractivity contribution in [2.45, 2.75) is 16.3 Å². The predicted octanol–water partition coefficient (Wildman–Crippen LogP) is 4.12. The van der Waals surface area contributed by atoms with Crippen LogP contribution in [0.15, 0.2) is 52.3 Å². The van der Waals surface area contributed by atoms with E-state index in [1.807, 2.05) is 25.2 Å². The third-order valence-corrected chi connectivity index (χ3v) is 4.01. The van der Waals surface area contributed by atoms with Crippen LogP contribution in [0.3, 0.4) is 0 Å². The van der Waals surface area contributed by atoms with Crippen molar-refractivity contribution in [1.29, 1.82) is 0 Å². The molecule has 0 saturated heterocycles. The molecule has 0 aliphatic carbocycles. The van der Waals surface area contributed by atoms with E-state index in [0.29, 0.717) is 5.02 Å². The summed E-state index contributed by atoms with van der Waals surface area (Å²) in [7, 11) is 1.88. The third kappa shape index (κ3) is 3.72. The van der Waals surface area contributed by atoms with Crippen LogP contribution in [-0.2, 0) is 6.54 Å². The zero-order chi connectivity index (χ0) is 14.5. The fourth-order valence-electron chi connectivity index (χ4n) is 1.72. The third-order valence-electron chi connectivity index (χ3n) is 2.67. The van der Waals surface area contributed by atoms with Crippen LogP contribution in [0.2, 0.25) is 5.02 Å². The summed E-state index contributed by atoms with van der Waals surface area (Å²) in [6.45, 7) is 0.743. The van der Waals surface area contributed by atoms with Gasteiger partial charge in [0, 0.05) is 33.5 Å². The highest BCUT2D eigenvalue weighted by Gasteiger charge is 2.08. The Labute approximate surface area is 126 Å². The molecule has 0 amide bonds. The van der Waals surface area contributed by atoms with Gasteiger partial charge in [-0.25, -0.2) is 0 Å². The number of rotatable bonds is 5. The van der Waals surface area contributed by atoms with Crippen molar-refractivity contribution < 1.29 is 4.92 Å². The quantitative estimate of drug-likeness (QED) is 0.667. The molecule has 0 saturated carbocycles. The molecule has 0 spiro atoms. The molecule has 0 aliphatic rings. The summed E-state index contributed by atoms with van der Waals surface area (Å²) in [6, 6.07) is 12.2. The summed E-state index contributed by atoms with van der Waals surface area (Å²) in [5, 5.41) is 14.4. The highest BCUT2D eigenvalue weighted by Crippen LogP contribution is 2.33. The Balaban J connectivity index is 2.24. The van der Waals surface area contributed by atoms with Crippen molar-refractivity contribution in [2.24, 2.45) is 0 Å². The first-order chi connectivity index (χ1) is 9.60. The van der Waals surface area contributed by atoms with Crippen LogP contribution < -0.4 is 5.32 Å². The van der Waals surface area contributed by atoms with Gasteiger partial charge in [-0.15, -0.1) is 0 Å². The summed E-state index contributed by atoms with van der Waals surface area (Å²) in [6.07, 6.45) is 0. The number of halogens is 1. The lowest BCUT2D eigenvalue weighted by molar-refractivity contribution is -0.384. The lowest BCUT2D eigenvalue weighted by Gasteiger charge is -2.09. The standard InChI is InChI=1S/C14H13ClN2O2S/c1-16-9-10-2-3-11(15)8-14(10)20-13-6-4-12(5-7-13)17(18)19/h2-8,16H,9H2,1H3. The van der Waals surface area contributed by atoms with Crippen LogP contribution in [0.5, 0.6) is 0 Å². The Bertz CT molecular complexity index is 617. The Hall–Kier alpha value is -1.56. The van der Waals surface area contributed by atoms with E-state index in [9.17, 15) is 10.1 Å². The van der Waals surface area contributed by atoms with Crippen LogP contribution in [0.25, 0.3) is 0 Å². The van der Waals surface area contributed by atoms with E-state index in [-0.39, 0.29) is 5.69 Å². The summed E-state index contributed by atoms with van der Waals surface area (Å²) < 4.78 is 0. The molecule has 20 heavy (non-hydrogen) atoms. The average molecular weight is 309 g/mol. The number of hydrogen-bond donors (Lipinski definition) is 1. The van der Waals surface area contributed by atoms with E-state index in [2.05, 4.69) is 5.32 Å². The van der Waals surface area contributed by atoms with Gasteiger partial charge in [0.25, 0.3) is 5.69 Å². The molecule has 2 aromatic rings. The van der Waals surface area contributed by atoms with Crippen LogP contribution in [0, 0.1) is 10.1 Å². The van der Waals surface area contributed by atoms with Crippen molar-refractivity contribution in [3.8, 4) is 0 Å². The molecule has 6 heteroatoms. The number of nitrogens with zero attached hydrogens (tertiary/aromatic N) is 1. The second-order valence-electron chi connectivity index (χ2n) is 4.14. The van der Waals surface area contributed by atoms with Gasteiger partial charge in [-0.2, -0.15) is 0 Å². The molecule has 0 radical (unpaired) electrons. The van der Waals surface area contributed by atoms with Crippen molar-refractivity contribution >= 4 is 29.1 Å². The highest BCUT2D eigenvalue weighted by atomic mass is 35.5.